The molecule has 2 rings (SSSR count). The first-order valence-electron chi connectivity index (χ1n) is 9.27. The van der Waals surface area contributed by atoms with Crippen molar-refractivity contribution in [3.63, 3.8) is 0 Å². The second-order valence-electron chi connectivity index (χ2n) is 8.32. The number of carbonyl (C=O) groups excluding carboxylic acids is 1. The van der Waals surface area contributed by atoms with Crippen LogP contribution < -0.4 is 0 Å². The number of rotatable bonds is 5. The molecular weight excluding hydrogens is 405 g/mol. The molecule has 0 aliphatic carbocycles. The maximum Gasteiger partial charge on any atom is 0.243 e. The fraction of sp³-hybridized carbons (Fsp3) is 0.632. The van der Waals surface area contributed by atoms with E-state index in [0.29, 0.717) is 19.6 Å². The monoisotopic (exact) mass is 433 g/mol. The summed E-state index contributed by atoms with van der Waals surface area (Å²) in [7, 11) is -1.85. The third-order valence-electron chi connectivity index (χ3n) is 5.42. The first-order chi connectivity index (χ1) is 12.8. The third-order valence-corrected chi connectivity index (χ3v) is 7.60. The van der Waals surface area contributed by atoms with Crippen molar-refractivity contribution in [3.05, 3.63) is 29.0 Å². The predicted molar refractivity (Wildman–Crippen MR) is 108 cm³/mol. The molecule has 1 aromatic rings. The molecule has 0 radical (unpaired) electrons. The molecule has 9 heteroatoms. The second kappa shape index (κ2) is 8.65. The average Bonchev–Trinajstić information content (AvgIpc) is 2.62. The van der Waals surface area contributed by atoms with E-state index < -0.39 is 15.8 Å². The van der Waals surface area contributed by atoms with E-state index in [2.05, 4.69) is 27.7 Å². The zero-order valence-electron chi connectivity index (χ0n) is 17.1. The van der Waals surface area contributed by atoms with Gasteiger partial charge in [-0.3, -0.25) is 9.69 Å². The van der Waals surface area contributed by atoms with Gasteiger partial charge in [-0.2, -0.15) is 4.31 Å². The summed E-state index contributed by atoms with van der Waals surface area (Å²) >= 11 is 5.71. The van der Waals surface area contributed by atoms with Crippen LogP contribution in [0.3, 0.4) is 0 Å². The number of benzene rings is 1. The SMILES string of the molecule is CC(N(C)CC(=O)N1CCN(S(=O)(=O)c2ccc(F)c(Cl)c2)CC1)C(C)(C)C. The highest BCUT2D eigenvalue weighted by Crippen LogP contribution is 2.24. The zero-order valence-corrected chi connectivity index (χ0v) is 18.6. The Bertz CT molecular complexity index is 818. The molecule has 1 atom stereocenters. The number of hydrogen-bond donors (Lipinski definition) is 0. The van der Waals surface area contributed by atoms with Gasteiger partial charge in [-0.1, -0.05) is 32.4 Å². The Hall–Kier alpha value is -1.22. The van der Waals surface area contributed by atoms with Crippen LogP contribution in [0.2, 0.25) is 5.02 Å². The molecule has 1 amide bonds. The van der Waals surface area contributed by atoms with Gasteiger partial charge in [-0.15, -0.1) is 0 Å². The molecule has 1 aromatic carbocycles. The molecule has 1 heterocycles. The maximum atomic E-state index is 13.3. The van der Waals surface area contributed by atoms with Crippen LogP contribution in [-0.2, 0) is 14.8 Å². The van der Waals surface area contributed by atoms with Crippen molar-refractivity contribution in [2.24, 2.45) is 5.41 Å². The molecule has 1 saturated heterocycles. The average molecular weight is 434 g/mol. The first-order valence-corrected chi connectivity index (χ1v) is 11.1. The number of halogens is 2. The van der Waals surface area contributed by atoms with E-state index in [1.807, 2.05) is 11.9 Å². The second-order valence-corrected chi connectivity index (χ2v) is 10.7. The van der Waals surface area contributed by atoms with Crippen LogP contribution in [0, 0.1) is 11.2 Å². The number of sulfonamides is 1. The van der Waals surface area contributed by atoms with Gasteiger partial charge in [-0.25, -0.2) is 12.8 Å². The summed E-state index contributed by atoms with van der Waals surface area (Å²) in [6.45, 7) is 9.81. The molecule has 0 saturated carbocycles. The molecule has 0 aromatic heterocycles. The van der Waals surface area contributed by atoms with Gasteiger partial charge < -0.3 is 4.90 Å². The number of piperazine rings is 1. The standard InChI is InChI=1S/C19H29ClFN3O3S/c1-14(19(2,3)4)22(5)13-18(25)23-8-10-24(11-9-23)28(26,27)15-6-7-17(21)16(20)12-15/h6-7,12,14H,8-11,13H2,1-5H3. The largest absolute Gasteiger partial charge is 0.339 e. The molecule has 0 bridgehead atoms. The first kappa shape index (κ1) is 23.1. The van der Waals surface area contributed by atoms with Crippen LogP contribution in [0.25, 0.3) is 0 Å². The fourth-order valence-corrected chi connectivity index (χ4v) is 4.77. The molecule has 28 heavy (non-hydrogen) atoms. The van der Waals surface area contributed by atoms with Crippen LogP contribution in [0.4, 0.5) is 4.39 Å². The van der Waals surface area contributed by atoms with Crippen molar-refractivity contribution >= 4 is 27.5 Å². The molecule has 1 unspecified atom stereocenters. The maximum absolute atomic E-state index is 13.3. The Kier molecular flexibility index (Phi) is 7.12. The summed E-state index contributed by atoms with van der Waals surface area (Å²) < 4.78 is 40.1. The van der Waals surface area contributed by atoms with Crippen molar-refractivity contribution < 1.29 is 17.6 Å². The molecule has 0 spiro atoms. The highest BCUT2D eigenvalue weighted by Gasteiger charge is 2.32. The molecule has 6 nitrogen and oxygen atoms in total. The predicted octanol–water partition coefficient (Wildman–Crippen LogP) is 2.68. The minimum atomic E-state index is -3.77. The number of nitrogens with zero attached hydrogens (tertiary/aromatic N) is 3. The smallest absolute Gasteiger partial charge is 0.243 e. The van der Waals surface area contributed by atoms with E-state index in [1.165, 1.54) is 10.4 Å². The molecular formula is C19H29ClFN3O3S. The minimum absolute atomic E-state index is 0.0134. The number of likely N-dealkylation sites (N-methyl/N-ethyl adjacent to an activating group) is 1. The summed E-state index contributed by atoms with van der Waals surface area (Å²) in [5, 5.41) is -0.231. The molecule has 158 valence electrons. The Morgan fingerprint density at radius 1 is 1.25 bits per heavy atom. The third kappa shape index (κ3) is 5.23. The van der Waals surface area contributed by atoms with Crippen LogP contribution in [0.1, 0.15) is 27.7 Å². The Morgan fingerprint density at radius 2 is 1.82 bits per heavy atom. The summed E-state index contributed by atoms with van der Waals surface area (Å²) in [4.78, 5) is 16.3. The van der Waals surface area contributed by atoms with E-state index in [1.54, 1.807) is 4.90 Å². The Labute approximate surface area is 172 Å². The molecule has 1 aliphatic rings. The van der Waals surface area contributed by atoms with Crippen molar-refractivity contribution in [2.45, 2.75) is 38.6 Å². The van der Waals surface area contributed by atoms with Crippen molar-refractivity contribution in [2.75, 3.05) is 39.8 Å². The van der Waals surface area contributed by atoms with Gasteiger partial charge >= 0.3 is 0 Å². The van der Waals surface area contributed by atoms with Gasteiger partial charge in [0.05, 0.1) is 16.5 Å². The van der Waals surface area contributed by atoms with Crippen LogP contribution in [-0.4, -0.2) is 74.2 Å². The van der Waals surface area contributed by atoms with Gasteiger partial charge in [0.2, 0.25) is 15.9 Å². The minimum Gasteiger partial charge on any atom is -0.339 e. The highest BCUT2D eigenvalue weighted by molar-refractivity contribution is 7.89. The fourth-order valence-electron chi connectivity index (χ4n) is 3.08. The summed E-state index contributed by atoms with van der Waals surface area (Å²) in [6.07, 6.45) is 0. The van der Waals surface area contributed by atoms with Crippen molar-refractivity contribution in [3.8, 4) is 0 Å². The Morgan fingerprint density at radius 3 is 2.32 bits per heavy atom. The normalized spacial score (nSPS) is 17.8. The van der Waals surface area contributed by atoms with E-state index in [0.717, 1.165) is 12.1 Å². The van der Waals surface area contributed by atoms with Gasteiger partial charge in [0.25, 0.3) is 0 Å². The summed E-state index contributed by atoms with van der Waals surface area (Å²) in [5.74, 6) is -0.676. The van der Waals surface area contributed by atoms with Crippen molar-refractivity contribution in [1.29, 1.82) is 0 Å². The molecule has 1 fully saturated rings. The van der Waals surface area contributed by atoms with E-state index >= 15 is 0 Å². The van der Waals surface area contributed by atoms with Gasteiger partial charge in [0.15, 0.2) is 0 Å². The van der Waals surface area contributed by atoms with Crippen molar-refractivity contribution in [1.82, 2.24) is 14.1 Å². The van der Waals surface area contributed by atoms with Crippen LogP contribution in [0.5, 0.6) is 0 Å². The lowest BCUT2D eigenvalue weighted by atomic mass is 9.87. The Balaban J connectivity index is 1.98. The number of hydrogen-bond acceptors (Lipinski definition) is 4. The lowest BCUT2D eigenvalue weighted by Crippen LogP contribution is -2.53. The quantitative estimate of drug-likeness (QED) is 0.716. The lowest BCUT2D eigenvalue weighted by molar-refractivity contribution is -0.134. The topological polar surface area (TPSA) is 60.9 Å². The zero-order chi connectivity index (χ0) is 21.3. The van der Waals surface area contributed by atoms with Gasteiger partial charge in [0, 0.05) is 32.2 Å². The van der Waals surface area contributed by atoms with E-state index in [-0.39, 0.29) is 40.4 Å². The number of carbonyl (C=O) groups is 1. The van der Waals surface area contributed by atoms with E-state index in [4.69, 9.17) is 11.6 Å². The summed E-state index contributed by atoms with van der Waals surface area (Å²) in [5.41, 5.74) is 0.0538. The van der Waals surface area contributed by atoms with Crippen LogP contribution >= 0.6 is 11.6 Å². The number of amides is 1. The lowest BCUT2D eigenvalue weighted by Gasteiger charge is -2.38. The van der Waals surface area contributed by atoms with Crippen LogP contribution in [0.15, 0.2) is 23.1 Å². The molecule has 1 aliphatic heterocycles. The van der Waals surface area contributed by atoms with Gasteiger partial charge in [0.1, 0.15) is 5.82 Å². The summed E-state index contributed by atoms with van der Waals surface area (Å²) in [6, 6.07) is 3.59. The molecule has 0 N–H and O–H groups in total. The highest BCUT2D eigenvalue weighted by atomic mass is 35.5. The van der Waals surface area contributed by atoms with E-state index in [9.17, 15) is 17.6 Å². The van der Waals surface area contributed by atoms with Gasteiger partial charge in [-0.05, 0) is 37.6 Å².